The molecule has 1 atom stereocenters. The van der Waals surface area contributed by atoms with Gasteiger partial charge in [-0.25, -0.2) is 0 Å². The molecule has 0 aliphatic carbocycles. The van der Waals surface area contributed by atoms with Crippen LogP contribution < -0.4 is 10.5 Å². The lowest BCUT2D eigenvalue weighted by molar-refractivity contribution is 0.406. The highest BCUT2D eigenvalue weighted by atomic mass is 32.1. The first-order chi connectivity index (χ1) is 8.56. The summed E-state index contributed by atoms with van der Waals surface area (Å²) in [6.07, 6.45) is 1.67. The molecule has 2 aromatic rings. The Morgan fingerprint density at radius 3 is 2.78 bits per heavy atom. The Balaban J connectivity index is 2.44. The van der Waals surface area contributed by atoms with Crippen LogP contribution in [0.5, 0.6) is 5.75 Å². The fourth-order valence-electron chi connectivity index (χ4n) is 1.88. The van der Waals surface area contributed by atoms with Crippen molar-refractivity contribution >= 4 is 11.5 Å². The molecule has 2 aromatic heterocycles. The minimum Gasteiger partial charge on any atom is -0.493 e. The van der Waals surface area contributed by atoms with Gasteiger partial charge >= 0.3 is 0 Å². The van der Waals surface area contributed by atoms with Crippen molar-refractivity contribution in [1.29, 1.82) is 0 Å². The molecular weight excluding hydrogens is 250 g/mol. The molecule has 7 heteroatoms. The third kappa shape index (κ3) is 2.11. The van der Waals surface area contributed by atoms with Gasteiger partial charge in [-0.1, -0.05) is 18.3 Å². The largest absolute Gasteiger partial charge is 0.493 e. The normalized spacial score (nSPS) is 13.0. The second-order valence-corrected chi connectivity index (χ2v) is 5.16. The molecule has 0 spiro atoms. The van der Waals surface area contributed by atoms with Crippen molar-refractivity contribution in [2.75, 3.05) is 7.11 Å². The van der Waals surface area contributed by atoms with Crippen molar-refractivity contribution in [3.05, 3.63) is 22.5 Å². The summed E-state index contributed by atoms with van der Waals surface area (Å²) in [6, 6.07) is -0.315. The predicted octanol–water partition coefficient (Wildman–Crippen LogP) is 1.45. The molecule has 6 nitrogen and oxygen atoms in total. The van der Waals surface area contributed by atoms with Crippen LogP contribution in [0.1, 0.15) is 42.1 Å². The van der Waals surface area contributed by atoms with Crippen LogP contribution in [-0.4, -0.2) is 26.5 Å². The fourth-order valence-corrected chi connectivity index (χ4v) is 2.70. The van der Waals surface area contributed by atoms with E-state index in [4.69, 9.17) is 10.5 Å². The van der Waals surface area contributed by atoms with Crippen molar-refractivity contribution in [3.63, 3.8) is 0 Å². The fraction of sp³-hybridized carbons (Fsp3) is 0.545. The van der Waals surface area contributed by atoms with Gasteiger partial charge in [0.05, 0.1) is 29.9 Å². The van der Waals surface area contributed by atoms with Gasteiger partial charge in [0.2, 0.25) is 0 Å². The van der Waals surface area contributed by atoms with Crippen LogP contribution in [0.4, 0.5) is 0 Å². The van der Waals surface area contributed by atoms with E-state index < -0.39 is 0 Å². The third-order valence-corrected chi connectivity index (χ3v) is 3.66. The summed E-state index contributed by atoms with van der Waals surface area (Å²) in [7, 11) is 3.46. The molecule has 0 saturated carbocycles. The van der Waals surface area contributed by atoms with Crippen molar-refractivity contribution in [2.45, 2.75) is 25.8 Å². The number of rotatable bonds is 4. The van der Waals surface area contributed by atoms with Crippen LogP contribution in [0.2, 0.25) is 0 Å². The van der Waals surface area contributed by atoms with E-state index in [0.717, 1.165) is 16.3 Å². The quantitative estimate of drug-likeness (QED) is 0.907. The SMILES string of the molecule is COc1cnn(C)c1C(N)c1snnc1C(C)C. The maximum absolute atomic E-state index is 6.31. The lowest BCUT2D eigenvalue weighted by Crippen LogP contribution is -2.17. The van der Waals surface area contributed by atoms with Gasteiger partial charge in [-0.05, 0) is 17.5 Å². The Morgan fingerprint density at radius 1 is 1.44 bits per heavy atom. The summed E-state index contributed by atoms with van der Waals surface area (Å²) >= 11 is 1.33. The van der Waals surface area contributed by atoms with Crippen molar-refractivity contribution in [3.8, 4) is 5.75 Å². The zero-order valence-electron chi connectivity index (χ0n) is 10.9. The first-order valence-corrected chi connectivity index (χ1v) is 6.47. The number of hydrogen-bond donors (Lipinski definition) is 1. The first kappa shape index (κ1) is 13.0. The Morgan fingerprint density at radius 2 is 2.17 bits per heavy atom. The van der Waals surface area contributed by atoms with E-state index >= 15 is 0 Å². The summed E-state index contributed by atoms with van der Waals surface area (Å²) in [6.45, 7) is 4.15. The van der Waals surface area contributed by atoms with E-state index in [1.165, 1.54) is 11.5 Å². The number of hydrogen-bond acceptors (Lipinski definition) is 6. The number of aromatic nitrogens is 4. The van der Waals surface area contributed by atoms with Crippen LogP contribution in [0.15, 0.2) is 6.20 Å². The molecule has 2 N–H and O–H groups in total. The molecule has 0 amide bonds. The molecule has 0 saturated heterocycles. The Kier molecular flexibility index (Phi) is 3.63. The lowest BCUT2D eigenvalue weighted by atomic mass is 10.0. The Bertz CT molecular complexity index is 533. The molecule has 0 aliphatic heterocycles. The number of nitrogens with two attached hydrogens (primary N) is 1. The van der Waals surface area contributed by atoms with Gasteiger partial charge in [0.15, 0.2) is 5.75 Å². The van der Waals surface area contributed by atoms with Crippen molar-refractivity contribution in [2.24, 2.45) is 12.8 Å². The van der Waals surface area contributed by atoms with Gasteiger partial charge in [0.1, 0.15) is 5.69 Å². The molecule has 0 bridgehead atoms. The standard InChI is InChI=1S/C11H17N5OS/c1-6(2)9-11(18-15-14-9)8(12)10-7(17-4)5-13-16(10)3/h5-6,8H,12H2,1-4H3. The first-order valence-electron chi connectivity index (χ1n) is 5.69. The Hall–Kier alpha value is -1.47. The van der Waals surface area contributed by atoms with Crippen LogP contribution in [0.25, 0.3) is 0 Å². The van der Waals surface area contributed by atoms with Gasteiger partial charge < -0.3 is 10.5 Å². The zero-order valence-corrected chi connectivity index (χ0v) is 11.7. The van der Waals surface area contributed by atoms with Gasteiger partial charge in [-0.15, -0.1) is 5.10 Å². The van der Waals surface area contributed by atoms with E-state index in [2.05, 4.69) is 28.5 Å². The molecule has 1 unspecified atom stereocenters. The van der Waals surface area contributed by atoms with E-state index in [-0.39, 0.29) is 6.04 Å². The maximum Gasteiger partial charge on any atom is 0.161 e. The highest BCUT2D eigenvalue weighted by Crippen LogP contribution is 2.32. The van der Waals surface area contributed by atoms with Gasteiger partial charge in [-0.2, -0.15) is 5.10 Å². The number of nitrogens with zero attached hydrogens (tertiary/aromatic N) is 4. The van der Waals surface area contributed by atoms with E-state index in [1.54, 1.807) is 18.0 Å². The molecule has 0 fully saturated rings. The number of ether oxygens (including phenoxy) is 1. The van der Waals surface area contributed by atoms with Crippen molar-refractivity contribution < 1.29 is 4.74 Å². The highest BCUT2D eigenvalue weighted by Gasteiger charge is 2.25. The van der Waals surface area contributed by atoms with E-state index in [0.29, 0.717) is 11.7 Å². The third-order valence-electron chi connectivity index (χ3n) is 2.83. The summed E-state index contributed by atoms with van der Waals surface area (Å²) in [4.78, 5) is 0.965. The number of aryl methyl sites for hydroxylation is 1. The summed E-state index contributed by atoms with van der Waals surface area (Å²) in [5, 5.41) is 8.32. The molecule has 0 aromatic carbocycles. The van der Waals surface area contributed by atoms with Crippen LogP contribution in [-0.2, 0) is 7.05 Å². The molecule has 0 aliphatic rings. The van der Waals surface area contributed by atoms with Crippen molar-refractivity contribution in [1.82, 2.24) is 19.4 Å². The average Bonchev–Trinajstić information content (AvgIpc) is 2.94. The maximum atomic E-state index is 6.31. The molecule has 2 heterocycles. The predicted molar refractivity (Wildman–Crippen MR) is 69.8 cm³/mol. The molecular formula is C11H17N5OS. The Labute approximate surface area is 110 Å². The second-order valence-electron chi connectivity index (χ2n) is 4.38. The molecule has 18 heavy (non-hydrogen) atoms. The lowest BCUT2D eigenvalue weighted by Gasteiger charge is -2.14. The minimum atomic E-state index is -0.315. The summed E-state index contributed by atoms with van der Waals surface area (Å²) in [5.41, 5.74) is 8.09. The minimum absolute atomic E-state index is 0.295. The van der Waals surface area contributed by atoms with Crippen LogP contribution >= 0.6 is 11.5 Å². The number of methoxy groups -OCH3 is 1. The smallest absolute Gasteiger partial charge is 0.161 e. The van der Waals surface area contributed by atoms with E-state index in [9.17, 15) is 0 Å². The highest BCUT2D eigenvalue weighted by molar-refractivity contribution is 7.05. The summed E-state index contributed by atoms with van der Waals surface area (Å²) in [5.74, 6) is 0.983. The molecule has 0 radical (unpaired) electrons. The monoisotopic (exact) mass is 267 g/mol. The van der Waals surface area contributed by atoms with E-state index in [1.807, 2.05) is 7.05 Å². The van der Waals surface area contributed by atoms with Crippen LogP contribution in [0, 0.1) is 0 Å². The van der Waals surface area contributed by atoms with Gasteiger partial charge in [-0.3, -0.25) is 4.68 Å². The topological polar surface area (TPSA) is 78.9 Å². The van der Waals surface area contributed by atoms with Gasteiger partial charge in [0.25, 0.3) is 0 Å². The molecule has 2 rings (SSSR count). The second kappa shape index (κ2) is 5.03. The van der Waals surface area contributed by atoms with Gasteiger partial charge in [0, 0.05) is 7.05 Å². The zero-order chi connectivity index (χ0) is 13.3. The summed E-state index contributed by atoms with van der Waals surface area (Å²) < 4.78 is 11.0. The average molecular weight is 267 g/mol. The molecule has 98 valence electrons. The van der Waals surface area contributed by atoms with Crippen LogP contribution in [0.3, 0.4) is 0 Å².